The van der Waals surface area contributed by atoms with Crippen LogP contribution in [0.3, 0.4) is 0 Å². The molecular weight excluding hydrogens is 351 g/mol. The van der Waals surface area contributed by atoms with E-state index in [0.717, 1.165) is 5.75 Å². The standard InChI is InChI=1S/C17H18Cl2N2O3/c1-23-6-7-24-16-4-2-14(3-5-16)21-17(22)11-20-15-9-12(18)8-13(19)10-15/h2-5,8-10,20H,6-7,11H2,1H3,(H,21,22). The van der Waals surface area contributed by atoms with Gasteiger partial charge in [0, 0.05) is 28.5 Å². The minimum absolute atomic E-state index is 0.1000. The van der Waals surface area contributed by atoms with Crippen molar-refractivity contribution in [2.45, 2.75) is 0 Å². The van der Waals surface area contributed by atoms with Gasteiger partial charge in [-0.2, -0.15) is 0 Å². The van der Waals surface area contributed by atoms with E-state index in [1.54, 1.807) is 49.6 Å². The fourth-order valence-corrected chi connectivity index (χ4v) is 2.45. The molecule has 2 N–H and O–H groups in total. The van der Waals surface area contributed by atoms with Crippen molar-refractivity contribution in [1.29, 1.82) is 0 Å². The van der Waals surface area contributed by atoms with Crippen molar-refractivity contribution in [3.8, 4) is 5.75 Å². The molecule has 0 spiro atoms. The Morgan fingerprint density at radius 2 is 1.67 bits per heavy atom. The quantitative estimate of drug-likeness (QED) is 0.689. The molecule has 0 aliphatic heterocycles. The zero-order valence-electron chi connectivity index (χ0n) is 13.1. The van der Waals surface area contributed by atoms with Crippen LogP contribution in [0.5, 0.6) is 5.75 Å². The van der Waals surface area contributed by atoms with E-state index in [9.17, 15) is 4.79 Å². The summed E-state index contributed by atoms with van der Waals surface area (Å²) in [5.74, 6) is 0.538. The highest BCUT2D eigenvalue weighted by molar-refractivity contribution is 6.35. The van der Waals surface area contributed by atoms with Gasteiger partial charge in [0.15, 0.2) is 0 Å². The van der Waals surface area contributed by atoms with Crippen molar-refractivity contribution in [3.63, 3.8) is 0 Å². The molecule has 0 radical (unpaired) electrons. The van der Waals surface area contributed by atoms with Crippen molar-refractivity contribution in [1.82, 2.24) is 0 Å². The van der Waals surface area contributed by atoms with Crippen LogP contribution >= 0.6 is 23.2 Å². The lowest BCUT2D eigenvalue weighted by Crippen LogP contribution is -2.21. The molecule has 7 heteroatoms. The van der Waals surface area contributed by atoms with Gasteiger partial charge in [-0.05, 0) is 42.5 Å². The number of rotatable bonds is 8. The number of ether oxygens (including phenoxy) is 2. The Labute approximate surface area is 150 Å². The van der Waals surface area contributed by atoms with Gasteiger partial charge in [-0.15, -0.1) is 0 Å². The van der Waals surface area contributed by atoms with E-state index < -0.39 is 0 Å². The van der Waals surface area contributed by atoms with Gasteiger partial charge in [-0.1, -0.05) is 23.2 Å². The smallest absolute Gasteiger partial charge is 0.243 e. The molecule has 0 unspecified atom stereocenters. The van der Waals surface area contributed by atoms with E-state index >= 15 is 0 Å². The molecule has 5 nitrogen and oxygen atoms in total. The Bertz CT molecular complexity index is 658. The summed E-state index contributed by atoms with van der Waals surface area (Å²) in [4.78, 5) is 12.0. The fraction of sp³-hybridized carbons (Fsp3) is 0.235. The highest BCUT2D eigenvalue weighted by atomic mass is 35.5. The van der Waals surface area contributed by atoms with Crippen LogP contribution in [0.25, 0.3) is 0 Å². The van der Waals surface area contributed by atoms with Crippen LogP contribution in [0.1, 0.15) is 0 Å². The number of carbonyl (C=O) groups excluding carboxylic acids is 1. The summed E-state index contributed by atoms with van der Waals surface area (Å²) in [7, 11) is 1.62. The van der Waals surface area contributed by atoms with Crippen molar-refractivity contribution in [2.24, 2.45) is 0 Å². The lowest BCUT2D eigenvalue weighted by atomic mass is 10.3. The molecule has 2 aromatic rings. The van der Waals surface area contributed by atoms with E-state index in [-0.39, 0.29) is 12.5 Å². The van der Waals surface area contributed by atoms with Crippen LogP contribution in [-0.4, -0.2) is 32.8 Å². The number of amides is 1. The average Bonchev–Trinajstić information content (AvgIpc) is 2.54. The van der Waals surface area contributed by atoms with Gasteiger partial charge in [-0.25, -0.2) is 0 Å². The maximum absolute atomic E-state index is 12.0. The van der Waals surface area contributed by atoms with E-state index in [2.05, 4.69) is 10.6 Å². The van der Waals surface area contributed by atoms with E-state index in [1.165, 1.54) is 0 Å². The maximum Gasteiger partial charge on any atom is 0.243 e. The van der Waals surface area contributed by atoms with E-state index in [1.807, 2.05) is 0 Å². The molecule has 0 aliphatic carbocycles. The predicted molar refractivity (Wildman–Crippen MR) is 97.4 cm³/mol. The first-order valence-electron chi connectivity index (χ1n) is 7.28. The summed E-state index contributed by atoms with van der Waals surface area (Å²) in [6, 6.07) is 12.2. The molecule has 0 fully saturated rings. The van der Waals surface area contributed by atoms with Crippen molar-refractivity contribution in [2.75, 3.05) is 37.5 Å². The SMILES string of the molecule is COCCOc1ccc(NC(=O)CNc2cc(Cl)cc(Cl)c2)cc1. The first-order valence-corrected chi connectivity index (χ1v) is 8.04. The van der Waals surface area contributed by atoms with Gasteiger partial charge in [-0.3, -0.25) is 4.79 Å². The highest BCUT2D eigenvalue weighted by Gasteiger charge is 2.04. The Kier molecular flexibility index (Phi) is 7.18. The molecule has 0 atom stereocenters. The third kappa shape index (κ3) is 6.28. The van der Waals surface area contributed by atoms with Crippen LogP contribution in [0, 0.1) is 0 Å². The van der Waals surface area contributed by atoms with Crippen LogP contribution in [0.15, 0.2) is 42.5 Å². The van der Waals surface area contributed by atoms with Crippen LogP contribution in [0.2, 0.25) is 10.0 Å². The summed E-state index contributed by atoms with van der Waals surface area (Å²) in [6.45, 7) is 1.11. The van der Waals surface area contributed by atoms with Crippen LogP contribution < -0.4 is 15.4 Å². The summed E-state index contributed by atoms with van der Waals surface area (Å²) in [6.07, 6.45) is 0. The Hall–Kier alpha value is -1.95. The normalized spacial score (nSPS) is 10.3. The van der Waals surface area contributed by atoms with Crippen molar-refractivity contribution < 1.29 is 14.3 Å². The Morgan fingerprint density at radius 1 is 1.00 bits per heavy atom. The third-order valence-electron chi connectivity index (χ3n) is 3.01. The second-order valence-electron chi connectivity index (χ2n) is 4.93. The summed E-state index contributed by atoms with van der Waals surface area (Å²) in [5.41, 5.74) is 1.37. The van der Waals surface area contributed by atoms with Gasteiger partial charge in [0.25, 0.3) is 0 Å². The predicted octanol–water partition coefficient (Wildman–Crippen LogP) is 4.07. The summed E-state index contributed by atoms with van der Waals surface area (Å²) in [5, 5.41) is 6.78. The number of nitrogens with one attached hydrogen (secondary N) is 2. The van der Waals surface area contributed by atoms with E-state index in [4.69, 9.17) is 32.7 Å². The molecule has 0 saturated carbocycles. The fourth-order valence-electron chi connectivity index (χ4n) is 1.92. The third-order valence-corrected chi connectivity index (χ3v) is 3.45. The van der Waals surface area contributed by atoms with Gasteiger partial charge in [0.05, 0.1) is 13.2 Å². The van der Waals surface area contributed by atoms with Crippen molar-refractivity contribution in [3.05, 3.63) is 52.5 Å². The minimum atomic E-state index is -0.181. The van der Waals surface area contributed by atoms with Crippen molar-refractivity contribution >= 4 is 40.5 Å². The summed E-state index contributed by atoms with van der Waals surface area (Å²) < 4.78 is 10.4. The number of benzene rings is 2. The molecule has 0 aromatic heterocycles. The Balaban J connectivity index is 1.81. The minimum Gasteiger partial charge on any atom is -0.491 e. The van der Waals surface area contributed by atoms with Gasteiger partial charge in [0.2, 0.25) is 5.91 Å². The average molecular weight is 369 g/mol. The zero-order valence-corrected chi connectivity index (χ0v) is 14.7. The van der Waals surface area contributed by atoms with E-state index in [0.29, 0.717) is 34.6 Å². The highest BCUT2D eigenvalue weighted by Crippen LogP contribution is 2.22. The molecule has 0 bridgehead atoms. The summed E-state index contributed by atoms with van der Waals surface area (Å²) >= 11 is 11.8. The molecule has 24 heavy (non-hydrogen) atoms. The zero-order chi connectivity index (χ0) is 17.4. The lowest BCUT2D eigenvalue weighted by Gasteiger charge is -2.10. The van der Waals surface area contributed by atoms with Crippen LogP contribution in [0.4, 0.5) is 11.4 Å². The molecule has 2 aromatic carbocycles. The second-order valence-corrected chi connectivity index (χ2v) is 5.80. The lowest BCUT2D eigenvalue weighted by molar-refractivity contribution is -0.114. The molecule has 0 saturated heterocycles. The molecular formula is C17H18Cl2N2O3. The number of carbonyl (C=O) groups is 1. The number of methoxy groups -OCH3 is 1. The first-order chi connectivity index (χ1) is 11.6. The van der Waals surface area contributed by atoms with Gasteiger partial charge >= 0.3 is 0 Å². The van der Waals surface area contributed by atoms with Crippen LogP contribution in [-0.2, 0) is 9.53 Å². The molecule has 2 rings (SSSR count). The number of hydrogen-bond acceptors (Lipinski definition) is 4. The molecule has 128 valence electrons. The number of halogens is 2. The monoisotopic (exact) mass is 368 g/mol. The molecule has 0 heterocycles. The largest absolute Gasteiger partial charge is 0.491 e. The maximum atomic E-state index is 12.0. The Morgan fingerprint density at radius 3 is 2.29 bits per heavy atom. The second kappa shape index (κ2) is 9.37. The molecule has 0 aliphatic rings. The molecule has 1 amide bonds. The first kappa shape index (κ1) is 18.4. The number of hydrogen-bond donors (Lipinski definition) is 2. The van der Waals surface area contributed by atoms with Gasteiger partial charge < -0.3 is 20.1 Å². The van der Waals surface area contributed by atoms with Gasteiger partial charge in [0.1, 0.15) is 12.4 Å². The number of anilines is 2. The topological polar surface area (TPSA) is 59.6 Å².